The Balaban J connectivity index is 2.60. The molecule has 1 unspecified atom stereocenters. The topological polar surface area (TPSA) is 35.2 Å². The zero-order valence-corrected chi connectivity index (χ0v) is 11.4. The maximum Gasteiger partial charge on any atom is 0.389 e. The summed E-state index contributed by atoms with van der Waals surface area (Å²) in [6.07, 6.45) is -1.65. The van der Waals surface area contributed by atoms with Crippen LogP contribution in [0.25, 0.3) is 0 Å². The molecule has 0 aliphatic heterocycles. The minimum Gasteiger partial charge on any atom is -0.377 e. The highest BCUT2D eigenvalue weighted by atomic mass is 19.4. The fraction of sp³-hybridized carbons (Fsp3) is 1.00. The first-order valence-electron chi connectivity index (χ1n) is 6.48. The van der Waals surface area contributed by atoms with Crippen LogP contribution in [-0.2, 0) is 4.74 Å². The molecule has 5 heteroatoms. The summed E-state index contributed by atoms with van der Waals surface area (Å²) in [7, 11) is 1.56. The van der Waals surface area contributed by atoms with Gasteiger partial charge in [0, 0.05) is 19.6 Å². The zero-order valence-electron chi connectivity index (χ0n) is 11.4. The van der Waals surface area contributed by atoms with Crippen molar-refractivity contribution < 1.29 is 17.9 Å². The Bertz CT molecular complexity index is 266. The second-order valence-electron chi connectivity index (χ2n) is 6.19. The van der Waals surface area contributed by atoms with Crippen LogP contribution in [0.4, 0.5) is 13.2 Å². The third-order valence-electron chi connectivity index (χ3n) is 4.27. The average molecular weight is 267 g/mol. The summed E-state index contributed by atoms with van der Waals surface area (Å²) in [4.78, 5) is 0. The molecule has 0 radical (unpaired) electrons. The number of ether oxygens (including phenoxy) is 1. The van der Waals surface area contributed by atoms with E-state index in [1.807, 2.05) is 0 Å². The molecule has 0 saturated heterocycles. The number of hydrogen-bond donors (Lipinski definition) is 1. The van der Waals surface area contributed by atoms with Crippen LogP contribution < -0.4 is 5.73 Å². The molecule has 0 aromatic carbocycles. The molecule has 0 amide bonds. The van der Waals surface area contributed by atoms with E-state index in [-0.39, 0.29) is 11.8 Å². The molecule has 0 spiro atoms. The highest BCUT2D eigenvalue weighted by Crippen LogP contribution is 2.44. The van der Waals surface area contributed by atoms with Gasteiger partial charge in [0.15, 0.2) is 0 Å². The minimum atomic E-state index is -4.14. The lowest BCUT2D eigenvalue weighted by molar-refractivity contribution is -0.143. The number of methoxy groups -OCH3 is 1. The maximum absolute atomic E-state index is 12.2. The Kier molecular flexibility index (Phi) is 4.70. The number of hydrogen-bond acceptors (Lipinski definition) is 2. The summed E-state index contributed by atoms with van der Waals surface area (Å²) < 4.78 is 42.2. The Labute approximate surface area is 107 Å². The third-order valence-corrected chi connectivity index (χ3v) is 4.27. The number of nitrogens with two attached hydrogens (primary N) is 1. The van der Waals surface area contributed by atoms with Gasteiger partial charge in [-0.3, -0.25) is 0 Å². The summed E-state index contributed by atoms with van der Waals surface area (Å²) in [5.41, 5.74) is 5.64. The number of rotatable bonds is 4. The van der Waals surface area contributed by atoms with Gasteiger partial charge in [0.2, 0.25) is 0 Å². The molecular weight excluding hydrogens is 243 g/mol. The van der Waals surface area contributed by atoms with Crippen LogP contribution in [0.1, 0.15) is 52.4 Å². The largest absolute Gasteiger partial charge is 0.389 e. The molecular formula is C13H24F3NO. The Morgan fingerprint density at radius 3 is 2.06 bits per heavy atom. The first-order chi connectivity index (χ1) is 8.10. The van der Waals surface area contributed by atoms with Gasteiger partial charge in [-0.2, -0.15) is 13.2 Å². The van der Waals surface area contributed by atoms with Crippen LogP contribution >= 0.6 is 0 Å². The van der Waals surface area contributed by atoms with E-state index in [0.717, 1.165) is 25.7 Å². The molecule has 1 saturated carbocycles. The first-order valence-corrected chi connectivity index (χ1v) is 6.48. The molecule has 0 heterocycles. The van der Waals surface area contributed by atoms with Crippen molar-refractivity contribution in [2.45, 2.75) is 70.2 Å². The number of halogens is 3. The normalized spacial score (nSPS) is 24.8. The molecule has 0 bridgehead atoms. The van der Waals surface area contributed by atoms with Gasteiger partial charge in [-0.05, 0) is 37.5 Å². The molecule has 0 aromatic heterocycles. The van der Waals surface area contributed by atoms with Crippen LogP contribution in [-0.4, -0.2) is 24.9 Å². The van der Waals surface area contributed by atoms with Gasteiger partial charge in [0.25, 0.3) is 0 Å². The van der Waals surface area contributed by atoms with E-state index >= 15 is 0 Å². The predicted molar refractivity (Wildman–Crippen MR) is 65.3 cm³/mol. The Hall–Kier alpha value is -0.290. The van der Waals surface area contributed by atoms with E-state index in [1.165, 1.54) is 0 Å². The van der Waals surface area contributed by atoms with Crippen LogP contribution in [0.15, 0.2) is 0 Å². The summed E-state index contributed by atoms with van der Waals surface area (Å²) in [5, 5.41) is 0. The molecule has 2 nitrogen and oxygen atoms in total. The van der Waals surface area contributed by atoms with E-state index < -0.39 is 24.2 Å². The maximum atomic E-state index is 12.2. The highest BCUT2D eigenvalue weighted by Gasteiger charge is 2.43. The van der Waals surface area contributed by atoms with Gasteiger partial charge in [0.1, 0.15) is 0 Å². The van der Waals surface area contributed by atoms with Crippen molar-refractivity contribution in [1.29, 1.82) is 0 Å². The standard InChI is InChI=1S/C13H24F3NO/c1-11(2)6-8-12(18-3,9-7-11)10(17)4-5-13(14,15)16/h10H,4-9,17H2,1-3H3. The molecule has 1 atom stereocenters. The smallest absolute Gasteiger partial charge is 0.377 e. The summed E-state index contributed by atoms with van der Waals surface area (Å²) >= 11 is 0. The van der Waals surface area contributed by atoms with E-state index in [9.17, 15) is 13.2 Å². The Morgan fingerprint density at radius 1 is 1.17 bits per heavy atom. The first kappa shape index (κ1) is 15.8. The van der Waals surface area contributed by atoms with Crippen molar-refractivity contribution in [3.63, 3.8) is 0 Å². The van der Waals surface area contributed by atoms with Crippen molar-refractivity contribution in [2.24, 2.45) is 11.1 Å². The van der Waals surface area contributed by atoms with Crippen molar-refractivity contribution >= 4 is 0 Å². The molecule has 108 valence electrons. The van der Waals surface area contributed by atoms with Gasteiger partial charge < -0.3 is 10.5 Å². The predicted octanol–water partition coefficient (Wildman–Crippen LogP) is 3.64. The van der Waals surface area contributed by atoms with E-state index in [4.69, 9.17) is 10.5 Å². The van der Waals surface area contributed by atoms with Gasteiger partial charge in [-0.1, -0.05) is 13.8 Å². The lowest BCUT2D eigenvalue weighted by Gasteiger charge is -2.46. The van der Waals surface area contributed by atoms with Gasteiger partial charge in [0.05, 0.1) is 5.60 Å². The number of alkyl halides is 3. The lowest BCUT2D eigenvalue weighted by atomic mass is 9.68. The molecule has 2 N–H and O–H groups in total. The van der Waals surface area contributed by atoms with Gasteiger partial charge in [-0.15, -0.1) is 0 Å². The van der Waals surface area contributed by atoms with Gasteiger partial charge in [-0.25, -0.2) is 0 Å². The van der Waals surface area contributed by atoms with Crippen LogP contribution in [0.2, 0.25) is 0 Å². The third kappa shape index (κ3) is 4.12. The lowest BCUT2D eigenvalue weighted by Crippen LogP contribution is -2.52. The summed E-state index contributed by atoms with van der Waals surface area (Å²) in [6.45, 7) is 4.35. The average Bonchev–Trinajstić information content (AvgIpc) is 2.26. The van der Waals surface area contributed by atoms with E-state index in [1.54, 1.807) is 7.11 Å². The Morgan fingerprint density at radius 2 is 1.67 bits per heavy atom. The van der Waals surface area contributed by atoms with E-state index in [0.29, 0.717) is 0 Å². The molecule has 1 aliphatic rings. The van der Waals surface area contributed by atoms with Crippen LogP contribution in [0, 0.1) is 5.41 Å². The second kappa shape index (κ2) is 5.37. The molecule has 1 fully saturated rings. The van der Waals surface area contributed by atoms with Crippen molar-refractivity contribution in [3.05, 3.63) is 0 Å². The van der Waals surface area contributed by atoms with E-state index in [2.05, 4.69) is 13.8 Å². The fourth-order valence-electron chi connectivity index (χ4n) is 2.66. The zero-order chi connectivity index (χ0) is 14.0. The van der Waals surface area contributed by atoms with Crippen molar-refractivity contribution in [2.75, 3.05) is 7.11 Å². The summed E-state index contributed by atoms with van der Waals surface area (Å²) in [5.74, 6) is 0. The molecule has 1 rings (SSSR count). The fourth-order valence-corrected chi connectivity index (χ4v) is 2.66. The van der Waals surface area contributed by atoms with Crippen molar-refractivity contribution in [3.8, 4) is 0 Å². The van der Waals surface area contributed by atoms with Gasteiger partial charge >= 0.3 is 6.18 Å². The second-order valence-corrected chi connectivity index (χ2v) is 6.19. The minimum absolute atomic E-state index is 0.0578. The summed E-state index contributed by atoms with van der Waals surface area (Å²) in [6, 6.07) is -0.541. The SMILES string of the molecule is COC1(C(N)CCC(F)(F)F)CCC(C)(C)CC1. The van der Waals surface area contributed by atoms with Crippen molar-refractivity contribution in [1.82, 2.24) is 0 Å². The monoisotopic (exact) mass is 267 g/mol. The molecule has 0 aromatic rings. The highest BCUT2D eigenvalue weighted by molar-refractivity contribution is 4.97. The molecule has 1 aliphatic carbocycles. The quantitative estimate of drug-likeness (QED) is 0.844. The molecule has 18 heavy (non-hydrogen) atoms. The van der Waals surface area contributed by atoms with Crippen LogP contribution in [0.3, 0.4) is 0 Å². The van der Waals surface area contributed by atoms with Crippen LogP contribution in [0.5, 0.6) is 0 Å².